The van der Waals surface area contributed by atoms with Crippen molar-refractivity contribution in [2.45, 2.75) is 18.9 Å². The first-order valence-electron chi connectivity index (χ1n) is 6.97. The Hall–Kier alpha value is -0.670. The third-order valence-electron chi connectivity index (χ3n) is 3.84. The van der Waals surface area contributed by atoms with Crippen LogP contribution >= 0.6 is 38.5 Å². The van der Waals surface area contributed by atoms with Gasteiger partial charge in [0.05, 0.1) is 0 Å². The van der Waals surface area contributed by atoms with E-state index in [-0.39, 0.29) is 0 Å². The molecule has 2 heterocycles. The molecule has 1 aliphatic heterocycles. The van der Waals surface area contributed by atoms with E-state index in [2.05, 4.69) is 76.1 Å². The first-order chi connectivity index (χ1) is 10.2. The summed E-state index contributed by atoms with van der Waals surface area (Å²) in [6, 6.07) is 6.79. The molecule has 1 saturated heterocycles. The Balaban J connectivity index is 1.79. The first-order valence-corrected chi connectivity index (χ1v) is 8.84. The van der Waals surface area contributed by atoms with Crippen molar-refractivity contribution in [3.63, 3.8) is 0 Å². The lowest BCUT2D eigenvalue weighted by atomic mass is 10.1. The molecule has 0 saturated carbocycles. The van der Waals surface area contributed by atoms with Crippen LogP contribution in [-0.4, -0.2) is 41.4 Å². The predicted molar refractivity (Wildman–Crippen MR) is 96.5 cm³/mol. The van der Waals surface area contributed by atoms with Crippen molar-refractivity contribution in [3.8, 4) is 11.4 Å². The van der Waals surface area contributed by atoms with Gasteiger partial charge in [0.25, 0.3) is 0 Å². The number of benzene rings is 1. The second-order valence-electron chi connectivity index (χ2n) is 5.16. The minimum atomic E-state index is 0.616. The van der Waals surface area contributed by atoms with E-state index >= 15 is 0 Å². The van der Waals surface area contributed by atoms with Gasteiger partial charge < -0.3 is 10.2 Å². The van der Waals surface area contributed by atoms with Crippen LogP contribution in [-0.2, 0) is 0 Å². The normalized spacial score (nSPS) is 16.4. The van der Waals surface area contributed by atoms with Crippen molar-refractivity contribution >= 4 is 44.5 Å². The molecule has 0 atom stereocenters. The second kappa shape index (κ2) is 6.62. The monoisotopic (exact) mass is 461 g/mol. The number of hydrogen-bond donors (Lipinski definition) is 2. The Kier molecular flexibility index (Phi) is 4.80. The number of aromatic nitrogens is 3. The van der Waals surface area contributed by atoms with Crippen molar-refractivity contribution in [1.82, 2.24) is 20.5 Å². The van der Waals surface area contributed by atoms with E-state index < -0.39 is 0 Å². The molecule has 7 heteroatoms. The fourth-order valence-corrected chi connectivity index (χ4v) is 3.51. The highest BCUT2D eigenvalue weighted by Gasteiger charge is 2.21. The second-order valence-corrected chi connectivity index (χ2v) is 7.24. The zero-order valence-electron chi connectivity index (χ0n) is 11.7. The minimum Gasteiger partial charge on any atom is -0.339 e. The number of nitrogens with zero attached hydrogens (tertiary/aromatic N) is 3. The Morgan fingerprint density at radius 2 is 2.14 bits per heavy atom. The molecule has 0 spiro atoms. The molecule has 112 valence electrons. The molecule has 1 aromatic carbocycles. The number of rotatable bonds is 3. The highest BCUT2D eigenvalue weighted by molar-refractivity contribution is 14.1. The topological polar surface area (TPSA) is 56.8 Å². The molecule has 0 radical (unpaired) electrons. The van der Waals surface area contributed by atoms with E-state index in [1.54, 1.807) is 0 Å². The van der Waals surface area contributed by atoms with Crippen LogP contribution in [0, 0.1) is 3.57 Å². The number of halogens is 2. The van der Waals surface area contributed by atoms with E-state index in [1.165, 1.54) is 0 Å². The van der Waals surface area contributed by atoms with Gasteiger partial charge in [0.1, 0.15) is 0 Å². The van der Waals surface area contributed by atoms with Gasteiger partial charge >= 0.3 is 0 Å². The van der Waals surface area contributed by atoms with E-state index in [0.29, 0.717) is 6.04 Å². The van der Waals surface area contributed by atoms with Gasteiger partial charge in [0, 0.05) is 32.7 Å². The number of anilines is 1. The van der Waals surface area contributed by atoms with Gasteiger partial charge in [0.15, 0.2) is 5.82 Å². The molecule has 0 amide bonds. The van der Waals surface area contributed by atoms with E-state index in [1.807, 2.05) is 13.1 Å². The Labute approximate surface area is 146 Å². The smallest absolute Gasteiger partial charge is 0.245 e. The summed E-state index contributed by atoms with van der Waals surface area (Å²) in [6.45, 7) is 2.00. The van der Waals surface area contributed by atoms with Gasteiger partial charge in [-0.2, -0.15) is 4.98 Å². The largest absolute Gasteiger partial charge is 0.339 e. The van der Waals surface area contributed by atoms with Gasteiger partial charge in [-0.1, -0.05) is 15.9 Å². The fraction of sp³-hybridized carbons (Fsp3) is 0.429. The quantitative estimate of drug-likeness (QED) is 0.690. The van der Waals surface area contributed by atoms with Gasteiger partial charge in [0.2, 0.25) is 5.95 Å². The molecule has 2 aromatic rings. The van der Waals surface area contributed by atoms with E-state index in [0.717, 1.165) is 51.3 Å². The molecule has 0 unspecified atom stereocenters. The van der Waals surface area contributed by atoms with Crippen LogP contribution in [0.2, 0.25) is 0 Å². The maximum atomic E-state index is 4.67. The summed E-state index contributed by atoms with van der Waals surface area (Å²) in [4.78, 5) is 6.92. The molecule has 0 bridgehead atoms. The zero-order valence-corrected chi connectivity index (χ0v) is 15.5. The van der Waals surface area contributed by atoms with Crippen molar-refractivity contribution in [3.05, 3.63) is 26.2 Å². The first kappa shape index (κ1) is 15.2. The maximum Gasteiger partial charge on any atom is 0.245 e. The number of H-pyrrole nitrogens is 1. The summed E-state index contributed by atoms with van der Waals surface area (Å²) in [5.41, 5.74) is 1.08. The number of piperidine rings is 1. The SMILES string of the molecule is CNC1CCN(c2n[nH]c(-c3cc(Br)ccc3I)n2)CC1. The van der Waals surface area contributed by atoms with Gasteiger partial charge in [-0.15, -0.1) is 5.10 Å². The highest BCUT2D eigenvalue weighted by atomic mass is 127. The summed E-state index contributed by atoms with van der Waals surface area (Å²) in [5.74, 6) is 1.63. The molecular weight excluding hydrogens is 445 g/mol. The Morgan fingerprint density at radius 3 is 2.86 bits per heavy atom. The highest BCUT2D eigenvalue weighted by Crippen LogP contribution is 2.27. The summed E-state index contributed by atoms with van der Waals surface area (Å²) < 4.78 is 2.21. The van der Waals surface area contributed by atoms with Crippen LogP contribution in [0.4, 0.5) is 5.95 Å². The summed E-state index contributed by atoms with van der Waals surface area (Å²) in [5, 5.41) is 10.8. The Bertz CT molecular complexity index is 622. The molecule has 1 aliphatic rings. The zero-order chi connectivity index (χ0) is 14.8. The lowest BCUT2D eigenvalue weighted by molar-refractivity contribution is 0.439. The number of aromatic amines is 1. The summed E-state index contributed by atoms with van der Waals surface area (Å²) in [7, 11) is 2.03. The van der Waals surface area contributed by atoms with Crippen LogP contribution in [0.15, 0.2) is 22.7 Å². The van der Waals surface area contributed by atoms with Crippen LogP contribution < -0.4 is 10.2 Å². The molecule has 21 heavy (non-hydrogen) atoms. The van der Waals surface area contributed by atoms with Crippen molar-refractivity contribution in [1.29, 1.82) is 0 Å². The average Bonchev–Trinajstić information content (AvgIpc) is 2.99. The van der Waals surface area contributed by atoms with Crippen LogP contribution in [0.25, 0.3) is 11.4 Å². The molecular formula is C14H17BrIN5. The van der Waals surface area contributed by atoms with Crippen LogP contribution in [0.5, 0.6) is 0 Å². The standard InChI is InChI=1S/C14H17BrIN5/c1-17-10-4-6-21(7-5-10)14-18-13(19-20-14)11-8-9(15)2-3-12(11)16/h2-3,8,10,17H,4-7H2,1H3,(H,18,19,20). The van der Waals surface area contributed by atoms with E-state index in [4.69, 9.17) is 0 Å². The van der Waals surface area contributed by atoms with Crippen LogP contribution in [0.1, 0.15) is 12.8 Å². The average molecular weight is 462 g/mol. The van der Waals surface area contributed by atoms with Crippen molar-refractivity contribution in [2.75, 3.05) is 25.0 Å². The van der Waals surface area contributed by atoms with Crippen molar-refractivity contribution in [2.24, 2.45) is 0 Å². The molecule has 2 N–H and O–H groups in total. The lowest BCUT2D eigenvalue weighted by Crippen LogP contribution is -2.41. The van der Waals surface area contributed by atoms with Gasteiger partial charge in [-0.3, -0.25) is 5.10 Å². The third-order valence-corrected chi connectivity index (χ3v) is 5.28. The number of nitrogens with one attached hydrogen (secondary N) is 2. The number of hydrogen-bond acceptors (Lipinski definition) is 4. The third kappa shape index (κ3) is 3.40. The molecule has 1 fully saturated rings. The van der Waals surface area contributed by atoms with Crippen LogP contribution in [0.3, 0.4) is 0 Å². The molecule has 3 rings (SSSR count). The molecule has 0 aliphatic carbocycles. The predicted octanol–water partition coefficient (Wildman–Crippen LogP) is 3.03. The maximum absolute atomic E-state index is 4.67. The minimum absolute atomic E-state index is 0.616. The lowest BCUT2D eigenvalue weighted by Gasteiger charge is -2.30. The van der Waals surface area contributed by atoms with E-state index in [9.17, 15) is 0 Å². The molecule has 5 nitrogen and oxygen atoms in total. The van der Waals surface area contributed by atoms with Gasteiger partial charge in [-0.25, -0.2) is 0 Å². The van der Waals surface area contributed by atoms with Gasteiger partial charge in [-0.05, 0) is 60.7 Å². The summed E-state index contributed by atoms with van der Waals surface area (Å²) >= 11 is 5.83. The Morgan fingerprint density at radius 1 is 1.38 bits per heavy atom. The fourth-order valence-electron chi connectivity index (χ4n) is 2.56. The summed E-state index contributed by atoms with van der Waals surface area (Å²) in [6.07, 6.45) is 2.27. The molecule has 1 aromatic heterocycles. The van der Waals surface area contributed by atoms with Crippen molar-refractivity contribution < 1.29 is 0 Å².